The molecule has 1 aliphatic rings. The molecule has 1 fully saturated rings. The van der Waals surface area contributed by atoms with Crippen molar-refractivity contribution in [2.75, 3.05) is 6.61 Å². The number of hydrogen-bond donors (Lipinski definition) is 0. The molecule has 0 radical (unpaired) electrons. The molecule has 1 nitrogen and oxygen atoms in total. The molecule has 0 unspecified atom stereocenters. The van der Waals surface area contributed by atoms with Gasteiger partial charge in [-0.3, -0.25) is 0 Å². The summed E-state index contributed by atoms with van der Waals surface area (Å²) >= 11 is 0. The summed E-state index contributed by atoms with van der Waals surface area (Å²) in [5.41, 5.74) is 0.230. The highest BCUT2D eigenvalue weighted by atomic mass is 16.5. The molecule has 1 heteroatoms. The third-order valence-corrected chi connectivity index (χ3v) is 2.74. The van der Waals surface area contributed by atoms with Gasteiger partial charge in [0.1, 0.15) is 0 Å². The molecule has 0 N–H and O–H groups in total. The molecule has 12 heavy (non-hydrogen) atoms. The molecular formula is C11H22O. The molecular weight excluding hydrogens is 148 g/mol. The zero-order chi connectivity index (χ0) is 9.19. The van der Waals surface area contributed by atoms with Gasteiger partial charge in [-0.05, 0) is 44.9 Å². The first-order chi connectivity index (χ1) is 5.56. The van der Waals surface area contributed by atoms with E-state index >= 15 is 0 Å². The van der Waals surface area contributed by atoms with E-state index in [-0.39, 0.29) is 5.60 Å². The Balaban J connectivity index is 2.18. The summed E-state index contributed by atoms with van der Waals surface area (Å²) in [6, 6.07) is 0. The lowest BCUT2D eigenvalue weighted by atomic mass is 9.69. The second-order valence-corrected chi connectivity index (χ2v) is 4.79. The van der Waals surface area contributed by atoms with Crippen molar-refractivity contribution in [2.45, 2.75) is 52.6 Å². The lowest BCUT2D eigenvalue weighted by molar-refractivity contribution is -0.114. The van der Waals surface area contributed by atoms with Crippen LogP contribution in [0.15, 0.2) is 0 Å². The van der Waals surface area contributed by atoms with E-state index in [2.05, 4.69) is 27.7 Å². The van der Waals surface area contributed by atoms with Gasteiger partial charge in [0.25, 0.3) is 0 Å². The van der Waals surface area contributed by atoms with Gasteiger partial charge in [0, 0.05) is 6.61 Å². The molecule has 0 spiro atoms. The first-order valence-corrected chi connectivity index (χ1v) is 5.19. The number of rotatable bonds is 4. The van der Waals surface area contributed by atoms with Crippen molar-refractivity contribution in [2.24, 2.45) is 11.8 Å². The smallest absolute Gasteiger partial charge is 0.0659 e. The van der Waals surface area contributed by atoms with Gasteiger partial charge in [-0.2, -0.15) is 0 Å². The Labute approximate surface area is 76.5 Å². The fourth-order valence-corrected chi connectivity index (χ4v) is 2.46. The van der Waals surface area contributed by atoms with Crippen LogP contribution in [0.25, 0.3) is 0 Å². The molecule has 1 saturated carbocycles. The summed E-state index contributed by atoms with van der Waals surface area (Å²) in [7, 11) is 0. The minimum absolute atomic E-state index is 0.230. The minimum Gasteiger partial charge on any atom is -0.376 e. The number of ether oxygens (including phenoxy) is 1. The maximum atomic E-state index is 5.68. The molecule has 0 aromatic heterocycles. The van der Waals surface area contributed by atoms with E-state index in [1.807, 2.05) is 0 Å². The monoisotopic (exact) mass is 170 g/mol. The van der Waals surface area contributed by atoms with Crippen molar-refractivity contribution >= 4 is 0 Å². The largest absolute Gasteiger partial charge is 0.376 e. The van der Waals surface area contributed by atoms with Crippen LogP contribution in [-0.4, -0.2) is 12.2 Å². The van der Waals surface area contributed by atoms with Crippen LogP contribution in [-0.2, 0) is 4.74 Å². The molecule has 0 aliphatic heterocycles. The molecule has 0 saturated heterocycles. The van der Waals surface area contributed by atoms with Crippen LogP contribution in [0.5, 0.6) is 0 Å². The van der Waals surface area contributed by atoms with Gasteiger partial charge in [0.15, 0.2) is 0 Å². The summed E-state index contributed by atoms with van der Waals surface area (Å²) in [5.74, 6) is 1.78. The van der Waals surface area contributed by atoms with Crippen LogP contribution in [0.1, 0.15) is 47.0 Å². The first-order valence-electron chi connectivity index (χ1n) is 5.19. The van der Waals surface area contributed by atoms with Crippen molar-refractivity contribution in [3.8, 4) is 0 Å². The SMILES string of the molecule is CCOC1(C)CC(CC(C)C)C1. The fraction of sp³-hybridized carbons (Fsp3) is 1.00. The quantitative estimate of drug-likeness (QED) is 0.629. The average molecular weight is 170 g/mol. The third kappa shape index (κ3) is 2.48. The highest BCUT2D eigenvalue weighted by molar-refractivity contribution is 4.92. The van der Waals surface area contributed by atoms with Gasteiger partial charge in [-0.1, -0.05) is 13.8 Å². The summed E-state index contributed by atoms with van der Waals surface area (Å²) < 4.78 is 5.68. The van der Waals surface area contributed by atoms with E-state index in [1.54, 1.807) is 0 Å². The Bertz CT molecular complexity index is 134. The minimum atomic E-state index is 0.230. The fourth-order valence-electron chi connectivity index (χ4n) is 2.46. The first kappa shape index (κ1) is 10.0. The summed E-state index contributed by atoms with van der Waals surface area (Å²) in [5, 5.41) is 0. The van der Waals surface area contributed by atoms with Gasteiger partial charge in [-0.15, -0.1) is 0 Å². The van der Waals surface area contributed by atoms with E-state index in [0.717, 1.165) is 18.4 Å². The van der Waals surface area contributed by atoms with Gasteiger partial charge in [0.05, 0.1) is 5.60 Å². The molecule has 0 atom stereocenters. The maximum absolute atomic E-state index is 5.68. The third-order valence-electron chi connectivity index (χ3n) is 2.74. The van der Waals surface area contributed by atoms with E-state index in [0.29, 0.717) is 0 Å². The van der Waals surface area contributed by atoms with Gasteiger partial charge in [0.2, 0.25) is 0 Å². The zero-order valence-electron chi connectivity index (χ0n) is 8.89. The lowest BCUT2D eigenvalue weighted by Crippen LogP contribution is -2.43. The van der Waals surface area contributed by atoms with Crippen LogP contribution < -0.4 is 0 Å². The lowest BCUT2D eigenvalue weighted by Gasteiger charge is -2.45. The summed E-state index contributed by atoms with van der Waals surface area (Å²) in [6.07, 6.45) is 3.93. The molecule has 1 rings (SSSR count). The van der Waals surface area contributed by atoms with Crippen LogP contribution >= 0.6 is 0 Å². The zero-order valence-corrected chi connectivity index (χ0v) is 8.89. The van der Waals surface area contributed by atoms with E-state index < -0.39 is 0 Å². The van der Waals surface area contributed by atoms with E-state index in [1.165, 1.54) is 19.3 Å². The van der Waals surface area contributed by atoms with Crippen molar-refractivity contribution in [3.63, 3.8) is 0 Å². The van der Waals surface area contributed by atoms with Crippen molar-refractivity contribution in [3.05, 3.63) is 0 Å². The Hall–Kier alpha value is -0.0400. The molecule has 72 valence electrons. The predicted octanol–water partition coefficient (Wildman–Crippen LogP) is 3.24. The Morgan fingerprint density at radius 3 is 2.42 bits per heavy atom. The number of hydrogen-bond acceptors (Lipinski definition) is 1. The van der Waals surface area contributed by atoms with Crippen LogP contribution in [0.4, 0.5) is 0 Å². The maximum Gasteiger partial charge on any atom is 0.0659 e. The van der Waals surface area contributed by atoms with Crippen LogP contribution in [0.2, 0.25) is 0 Å². The standard InChI is InChI=1S/C11H22O/c1-5-12-11(4)7-10(8-11)6-9(2)3/h9-10H,5-8H2,1-4H3. The Kier molecular flexibility index (Phi) is 3.16. The molecule has 0 aromatic carbocycles. The molecule has 0 amide bonds. The highest BCUT2D eigenvalue weighted by Gasteiger charge is 2.40. The Morgan fingerprint density at radius 2 is 2.00 bits per heavy atom. The molecule has 0 bridgehead atoms. The van der Waals surface area contributed by atoms with Crippen molar-refractivity contribution < 1.29 is 4.74 Å². The van der Waals surface area contributed by atoms with E-state index in [4.69, 9.17) is 4.74 Å². The molecule has 0 aromatic rings. The van der Waals surface area contributed by atoms with Gasteiger partial charge < -0.3 is 4.74 Å². The second-order valence-electron chi connectivity index (χ2n) is 4.79. The van der Waals surface area contributed by atoms with Crippen molar-refractivity contribution in [1.29, 1.82) is 0 Å². The van der Waals surface area contributed by atoms with Gasteiger partial charge in [-0.25, -0.2) is 0 Å². The van der Waals surface area contributed by atoms with Crippen LogP contribution in [0.3, 0.4) is 0 Å². The summed E-state index contributed by atoms with van der Waals surface area (Å²) in [6.45, 7) is 9.80. The van der Waals surface area contributed by atoms with Crippen LogP contribution in [0, 0.1) is 11.8 Å². The average Bonchev–Trinajstić information content (AvgIpc) is 1.83. The highest BCUT2D eigenvalue weighted by Crippen LogP contribution is 2.43. The summed E-state index contributed by atoms with van der Waals surface area (Å²) in [4.78, 5) is 0. The second kappa shape index (κ2) is 3.78. The Morgan fingerprint density at radius 1 is 1.42 bits per heavy atom. The van der Waals surface area contributed by atoms with E-state index in [9.17, 15) is 0 Å². The van der Waals surface area contributed by atoms with Gasteiger partial charge >= 0.3 is 0 Å². The van der Waals surface area contributed by atoms with Crippen molar-refractivity contribution in [1.82, 2.24) is 0 Å². The normalized spacial score (nSPS) is 35.2. The molecule has 0 heterocycles. The topological polar surface area (TPSA) is 9.23 Å². The molecule has 1 aliphatic carbocycles. The predicted molar refractivity (Wildman–Crippen MR) is 52.2 cm³/mol.